The second-order valence-electron chi connectivity index (χ2n) is 10.9. The molecule has 0 aliphatic rings. The third-order valence-corrected chi connectivity index (χ3v) is 5.23. The molecule has 7 heteroatoms. The van der Waals surface area contributed by atoms with Gasteiger partial charge in [0.25, 0.3) is 0 Å². The number of hydrogen-bond acceptors (Lipinski definition) is 5. The van der Waals surface area contributed by atoms with Gasteiger partial charge >= 0.3 is 12.1 Å². The maximum Gasteiger partial charge on any atom is 0.408 e. The van der Waals surface area contributed by atoms with E-state index in [1.54, 1.807) is 41.5 Å². The Labute approximate surface area is 223 Å². The van der Waals surface area contributed by atoms with Crippen molar-refractivity contribution in [3.63, 3.8) is 0 Å². The molecule has 0 bridgehead atoms. The van der Waals surface area contributed by atoms with Crippen LogP contribution in [0, 0.1) is 5.82 Å². The smallest absolute Gasteiger partial charge is 0.408 e. The van der Waals surface area contributed by atoms with Crippen LogP contribution < -0.4 is 5.32 Å². The molecule has 0 unspecified atom stereocenters. The normalized spacial score (nSPS) is 13.1. The summed E-state index contributed by atoms with van der Waals surface area (Å²) in [6.45, 7) is 10.5. The Morgan fingerprint density at radius 1 is 0.737 bits per heavy atom. The summed E-state index contributed by atoms with van der Waals surface area (Å²) in [5, 5.41) is 2.79. The lowest BCUT2D eigenvalue weighted by Gasteiger charge is -2.29. The third-order valence-electron chi connectivity index (χ3n) is 5.23. The molecule has 0 spiro atoms. The van der Waals surface area contributed by atoms with Crippen LogP contribution in [0.4, 0.5) is 9.18 Å². The molecule has 3 rings (SSSR count). The number of alkyl carbamates (subject to hydrolysis) is 1. The number of amides is 1. The summed E-state index contributed by atoms with van der Waals surface area (Å²) >= 11 is 0. The van der Waals surface area contributed by atoms with Gasteiger partial charge < -0.3 is 14.8 Å². The van der Waals surface area contributed by atoms with Gasteiger partial charge in [0.1, 0.15) is 17.0 Å². The first kappa shape index (κ1) is 28.6. The molecule has 0 saturated heterocycles. The second kappa shape index (κ2) is 12.0. The van der Waals surface area contributed by atoms with Crippen molar-refractivity contribution in [1.29, 1.82) is 0 Å². The van der Waals surface area contributed by atoms with E-state index in [9.17, 15) is 14.0 Å². The molecule has 0 radical (unpaired) electrons. The lowest BCUT2D eigenvalue weighted by atomic mass is 9.97. The Morgan fingerprint density at radius 2 is 1.21 bits per heavy atom. The minimum absolute atomic E-state index is 0.448. The van der Waals surface area contributed by atoms with Gasteiger partial charge in [-0.1, -0.05) is 72.8 Å². The maximum atomic E-state index is 13.8. The number of benzene rings is 3. The van der Waals surface area contributed by atoms with Gasteiger partial charge in [-0.3, -0.25) is 4.99 Å². The van der Waals surface area contributed by atoms with Crippen LogP contribution in [0.15, 0.2) is 89.9 Å². The minimum Gasteiger partial charge on any atom is -0.458 e. The molecule has 2 atom stereocenters. The van der Waals surface area contributed by atoms with Crippen LogP contribution >= 0.6 is 0 Å². The largest absolute Gasteiger partial charge is 0.458 e. The fraction of sp³-hybridized carbons (Fsp3) is 0.323. The number of aliphatic imine (C=N–C) groups is 1. The van der Waals surface area contributed by atoms with E-state index >= 15 is 0 Å². The second-order valence-corrected chi connectivity index (χ2v) is 10.9. The maximum absolute atomic E-state index is 13.8. The van der Waals surface area contributed by atoms with Gasteiger partial charge in [-0.25, -0.2) is 14.0 Å². The number of nitrogens with zero attached hydrogens (tertiary/aromatic N) is 1. The Morgan fingerprint density at radius 3 is 1.66 bits per heavy atom. The topological polar surface area (TPSA) is 77.0 Å². The summed E-state index contributed by atoms with van der Waals surface area (Å²) in [4.78, 5) is 31.6. The predicted octanol–water partition coefficient (Wildman–Crippen LogP) is 6.64. The molecular weight excluding hydrogens is 483 g/mol. The summed E-state index contributed by atoms with van der Waals surface area (Å²) in [7, 11) is 0. The number of carbonyl (C=O) groups excluding carboxylic acids is 2. The van der Waals surface area contributed by atoms with Crippen LogP contribution in [0.3, 0.4) is 0 Å². The highest BCUT2D eigenvalue weighted by Gasteiger charge is 2.36. The summed E-state index contributed by atoms with van der Waals surface area (Å²) in [6, 6.07) is 22.2. The first-order valence-electron chi connectivity index (χ1n) is 12.5. The van der Waals surface area contributed by atoms with Crippen molar-refractivity contribution in [3.8, 4) is 0 Å². The average Bonchev–Trinajstić information content (AvgIpc) is 2.83. The number of nitrogens with one attached hydrogen (secondary N) is 1. The summed E-state index contributed by atoms with van der Waals surface area (Å²) in [6.07, 6.45) is -0.739. The molecule has 0 aliphatic heterocycles. The highest BCUT2D eigenvalue weighted by Crippen LogP contribution is 2.26. The van der Waals surface area contributed by atoms with E-state index < -0.39 is 41.2 Å². The van der Waals surface area contributed by atoms with Crippen molar-refractivity contribution in [2.75, 3.05) is 0 Å². The summed E-state index contributed by atoms with van der Waals surface area (Å²) in [5.74, 6) is -1.09. The SMILES string of the molecule is CC(C)(C)OC(=O)N[C@H](c1ccc(F)cc1)[C@H](N=C(c1ccccc1)c1ccccc1)C(=O)OC(C)(C)C. The molecule has 1 N–H and O–H groups in total. The van der Waals surface area contributed by atoms with Crippen molar-refractivity contribution in [2.45, 2.75) is 64.8 Å². The fourth-order valence-electron chi connectivity index (χ4n) is 3.72. The van der Waals surface area contributed by atoms with Crippen molar-refractivity contribution >= 4 is 17.8 Å². The summed E-state index contributed by atoms with van der Waals surface area (Å²) in [5.41, 5.74) is 0.979. The molecule has 3 aromatic rings. The van der Waals surface area contributed by atoms with E-state index in [-0.39, 0.29) is 0 Å². The number of halogens is 1. The minimum atomic E-state index is -1.22. The molecule has 0 heterocycles. The zero-order valence-corrected chi connectivity index (χ0v) is 22.7. The molecule has 1 amide bonds. The summed E-state index contributed by atoms with van der Waals surface area (Å²) < 4.78 is 25.1. The van der Waals surface area contributed by atoms with Gasteiger partial charge in [-0.15, -0.1) is 0 Å². The van der Waals surface area contributed by atoms with Crippen LogP contribution in [0.1, 0.15) is 64.3 Å². The van der Waals surface area contributed by atoms with Crippen molar-refractivity contribution < 1.29 is 23.5 Å². The Kier molecular flexibility index (Phi) is 9.04. The third kappa shape index (κ3) is 8.54. The van der Waals surface area contributed by atoms with E-state index in [0.29, 0.717) is 11.3 Å². The zero-order chi connectivity index (χ0) is 27.9. The quantitative estimate of drug-likeness (QED) is 0.281. The van der Waals surface area contributed by atoms with E-state index in [0.717, 1.165) is 11.1 Å². The van der Waals surface area contributed by atoms with Gasteiger partial charge in [-0.05, 0) is 59.2 Å². The van der Waals surface area contributed by atoms with Gasteiger partial charge in [0.2, 0.25) is 0 Å². The van der Waals surface area contributed by atoms with Crippen molar-refractivity contribution in [3.05, 3.63) is 107 Å². The number of esters is 1. The van der Waals surface area contributed by atoms with Crippen molar-refractivity contribution in [1.82, 2.24) is 5.32 Å². The molecule has 0 aromatic heterocycles. The molecule has 3 aromatic carbocycles. The molecule has 0 fully saturated rings. The van der Waals surface area contributed by atoms with Gasteiger partial charge in [0, 0.05) is 11.1 Å². The van der Waals surface area contributed by atoms with E-state index in [1.807, 2.05) is 60.7 Å². The average molecular weight is 519 g/mol. The molecule has 0 saturated carbocycles. The molecule has 6 nitrogen and oxygen atoms in total. The first-order valence-corrected chi connectivity index (χ1v) is 12.5. The fourth-order valence-corrected chi connectivity index (χ4v) is 3.72. The van der Waals surface area contributed by atoms with Crippen LogP contribution in [0.25, 0.3) is 0 Å². The lowest BCUT2D eigenvalue weighted by Crippen LogP contribution is -2.44. The molecule has 38 heavy (non-hydrogen) atoms. The first-order chi connectivity index (χ1) is 17.8. The van der Waals surface area contributed by atoms with Gasteiger partial charge in [0.05, 0.1) is 11.8 Å². The number of hydrogen-bond donors (Lipinski definition) is 1. The standard InChI is InChI=1S/C31H35FN2O4/c1-30(2,3)37-28(35)27(33-25(21-13-9-7-10-14-21)22-15-11-8-12-16-22)26(23-17-19-24(32)20-18-23)34-29(36)38-31(4,5)6/h7-20,26-27H,1-6H3,(H,34,36)/t26-,27+/m1/s1. The van der Waals surface area contributed by atoms with Crippen LogP contribution in [-0.2, 0) is 14.3 Å². The highest BCUT2D eigenvalue weighted by molar-refractivity contribution is 6.13. The number of carbonyl (C=O) groups is 2. The van der Waals surface area contributed by atoms with Crippen LogP contribution in [-0.4, -0.2) is 35.0 Å². The van der Waals surface area contributed by atoms with Crippen LogP contribution in [0.5, 0.6) is 0 Å². The Bertz CT molecular complexity index is 1200. The molecule has 200 valence electrons. The molecular formula is C31H35FN2O4. The Hall–Kier alpha value is -4.00. The van der Waals surface area contributed by atoms with E-state index in [1.165, 1.54) is 24.3 Å². The number of ether oxygens (including phenoxy) is 2. The number of rotatable bonds is 7. The predicted molar refractivity (Wildman–Crippen MR) is 147 cm³/mol. The highest BCUT2D eigenvalue weighted by atomic mass is 19.1. The monoisotopic (exact) mass is 518 g/mol. The van der Waals surface area contributed by atoms with Crippen molar-refractivity contribution in [2.24, 2.45) is 4.99 Å². The lowest BCUT2D eigenvalue weighted by molar-refractivity contribution is -0.157. The molecule has 0 aliphatic carbocycles. The van der Waals surface area contributed by atoms with Crippen LogP contribution in [0.2, 0.25) is 0 Å². The Balaban J connectivity index is 2.21. The van der Waals surface area contributed by atoms with E-state index in [4.69, 9.17) is 14.5 Å². The van der Waals surface area contributed by atoms with E-state index in [2.05, 4.69) is 5.32 Å². The van der Waals surface area contributed by atoms with Gasteiger partial charge in [-0.2, -0.15) is 0 Å². The zero-order valence-electron chi connectivity index (χ0n) is 22.7. The van der Waals surface area contributed by atoms with Gasteiger partial charge in [0.15, 0.2) is 6.04 Å².